The second kappa shape index (κ2) is 10.0. The molecule has 3 aromatic rings. The predicted octanol–water partition coefficient (Wildman–Crippen LogP) is 1.99. The lowest BCUT2D eigenvalue weighted by molar-refractivity contribution is -0.146. The Balaban J connectivity index is 1.69. The number of thiazole rings is 1. The number of hydrogen-bond acceptors (Lipinski definition) is 6. The molecule has 1 fully saturated rings. The Bertz CT molecular complexity index is 1250. The van der Waals surface area contributed by atoms with Crippen LogP contribution < -0.4 is 5.73 Å². The van der Waals surface area contributed by atoms with Crippen LogP contribution in [0.2, 0.25) is 0 Å². The third kappa shape index (κ3) is 5.03. The van der Waals surface area contributed by atoms with Crippen LogP contribution in [0.4, 0.5) is 0 Å². The lowest BCUT2D eigenvalue weighted by Gasteiger charge is -2.42. The Hall–Kier alpha value is -3.08. The molecule has 8 nitrogen and oxygen atoms in total. The zero-order valence-electron chi connectivity index (χ0n) is 18.7. The second-order valence-corrected chi connectivity index (χ2v) is 10.9. The van der Waals surface area contributed by atoms with Crippen molar-refractivity contribution in [1.82, 2.24) is 14.2 Å². The van der Waals surface area contributed by atoms with Gasteiger partial charge in [0.25, 0.3) is 0 Å². The molecule has 0 aliphatic carbocycles. The summed E-state index contributed by atoms with van der Waals surface area (Å²) in [6.45, 7) is 2.00. The molecule has 2 heterocycles. The fourth-order valence-corrected chi connectivity index (χ4v) is 6.30. The molecule has 1 saturated heterocycles. The number of rotatable bonds is 8. The number of carbonyl (C=O) groups is 2. The number of hydrogen-bond donors (Lipinski definition) is 1. The van der Waals surface area contributed by atoms with E-state index in [9.17, 15) is 18.0 Å². The molecule has 0 saturated carbocycles. The van der Waals surface area contributed by atoms with E-state index in [2.05, 4.69) is 4.98 Å². The highest BCUT2D eigenvalue weighted by atomic mass is 32.2. The van der Waals surface area contributed by atoms with Crippen molar-refractivity contribution in [3.63, 3.8) is 0 Å². The summed E-state index contributed by atoms with van der Waals surface area (Å²) in [5, 5.41) is 1.81. The number of sulfonamides is 1. The van der Waals surface area contributed by atoms with Crippen molar-refractivity contribution < 1.29 is 18.0 Å². The molecular formula is C24H26N4O4S2. The zero-order chi connectivity index (χ0) is 24.3. The van der Waals surface area contributed by atoms with Gasteiger partial charge in [0.15, 0.2) is 0 Å². The van der Waals surface area contributed by atoms with Crippen LogP contribution in [0.5, 0.6) is 0 Å². The van der Waals surface area contributed by atoms with E-state index in [-0.39, 0.29) is 30.8 Å². The van der Waals surface area contributed by atoms with Gasteiger partial charge in [-0.25, -0.2) is 13.4 Å². The van der Waals surface area contributed by atoms with Crippen molar-refractivity contribution in [2.24, 2.45) is 5.73 Å². The Morgan fingerprint density at radius 2 is 1.85 bits per heavy atom. The van der Waals surface area contributed by atoms with Gasteiger partial charge >= 0.3 is 0 Å². The van der Waals surface area contributed by atoms with Gasteiger partial charge in [-0.05, 0) is 31.0 Å². The molecule has 2 amide bonds. The van der Waals surface area contributed by atoms with Crippen molar-refractivity contribution in [1.29, 1.82) is 0 Å². The lowest BCUT2D eigenvalue weighted by atomic mass is 10.0. The number of nitrogens with zero attached hydrogens (tertiary/aromatic N) is 3. The summed E-state index contributed by atoms with van der Waals surface area (Å²) in [5.41, 5.74) is 9.75. The van der Waals surface area contributed by atoms with E-state index in [0.717, 1.165) is 11.1 Å². The van der Waals surface area contributed by atoms with E-state index >= 15 is 0 Å². The van der Waals surface area contributed by atoms with Crippen LogP contribution in [-0.4, -0.2) is 59.6 Å². The van der Waals surface area contributed by atoms with Crippen LogP contribution in [0.15, 0.2) is 70.4 Å². The molecule has 4 rings (SSSR count). The van der Waals surface area contributed by atoms with Gasteiger partial charge in [0.2, 0.25) is 21.8 Å². The van der Waals surface area contributed by atoms with Gasteiger partial charge in [-0.2, -0.15) is 4.31 Å². The van der Waals surface area contributed by atoms with E-state index in [1.165, 1.54) is 20.5 Å². The molecule has 2 atom stereocenters. The average Bonchev–Trinajstić information content (AvgIpc) is 3.33. The van der Waals surface area contributed by atoms with E-state index in [1.807, 2.05) is 37.3 Å². The first kappa shape index (κ1) is 24.1. The molecule has 1 aliphatic rings. The fraction of sp³-hybridized carbons (Fsp3) is 0.292. The molecule has 0 bridgehead atoms. The molecule has 1 aliphatic heterocycles. The van der Waals surface area contributed by atoms with Crippen LogP contribution in [-0.2, 0) is 32.5 Å². The van der Waals surface area contributed by atoms with E-state index < -0.39 is 33.9 Å². The molecule has 178 valence electrons. The fourth-order valence-electron chi connectivity index (χ4n) is 4.16. The van der Waals surface area contributed by atoms with Gasteiger partial charge < -0.3 is 10.6 Å². The topological polar surface area (TPSA) is 114 Å². The minimum Gasteiger partial charge on any atom is -0.368 e. The van der Waals surface area contributed by atoms with Crippen LogP contribution in [0.1, 0.15) is 16.8 Å². The highest BCUT2D eigenvalue weighted by molar-refractivity contribution is 7.89. The number of aromatic nitrogens is 1. The number of benzene rings is 2. The maximum atomic E-state index is 13.7. The summed E-state index contributed by atoms with van der Waals surface area (Å²) in [6.07, 6.45) is 0.372. The zero-order valence-corrected chi connectivity index (χ0v) is 20.3. The second-order valence-electron chi connectivity index (χ2n) is 8.27. The molecular weight excluding hydrogens is 472 g/mol. The molecule has 1 aromatic heterocycles. The van der Waals surface area contributed by atoms with E-state index in [1.54, 1.807) is 35.2 Å². The van der Waals surface area contributed by atoms with Crippen LogP contribution in [0, 0.1) is 6.92 Å². The number of nitrogens with two attached hydrogens (primary N) is 1. The summed E-state index contributed by atoms with van der Waals surface area (Å²) in [4.78, 5) is 31.8. The van der Waals surface area contributed by atoms with Gasteiger partial charge in [-0.3, -0.25) is 9.59 Å². The summed E-state index contributed by atoms with van der Waals surface area (Å²) in [6, 6.07) is 13.9. The summed E-state index contributed by atoms with van der Waals surface area (Å²) >= 11 is 1.39. The summed E-state index contributed by atoms with van der Waals surface area (Å²) in [5.74, 6) is -1.08. The Morgan fingerprint density at radius 3 is 2.47 bits per heavy atom. The molecule has 0 radical (unpaired) electrons. The molecule has 10 heteroatoms. The SMILES string of the molecule is Cc1ccc(S(=O)(=O)N2CCN(C(Cc3cscn3)C(N)=O)C(=O)C2Cc2ccccc2)cc1. The summed E-state index contributed by atoms with van der Waals surface area (Å²) < 4.78 is 28.4. The van der Waals surface area contributed by atoms with Crippen molar-refractivity contribution in [3.8, 4) is 0 Å². The van der Waals surface area contributed by atoms with Crippen LogP contribution in [0.3, 0.4) is 0 Å². The molecule has 2 unspecified atom stereocenters. The number of piperazine rings is 1. The molecule has 2 N–H and O–H groups in total. The van der Waals surface area contributed by atoms with E-state index in [0.29, 0.717) is 5.69 Å². The molecule has 34 heavy (non-hydrogen) atoms. The van der Waals surface area contributed by atoms with Gasteiger partial charge in [0.05, 0.1) is 16.1 Å². The molecule has 0 spiro atoms. The third-order valence-electron chi connectivity index (χ3n) is 5.97. The van der Waals surface area contributed by atoms with Crippen molar-refractivity contribution >= 4 is 33.2 Å². The number of aryl methyl sites for hydroxylation is 1. The minimum absolute atomic E-state index is 0.0558. The highest BCUT2D eigenvalue weighted by Crippen LogP contribution is 2.26. The van der Waals surface area contributed by atoms with Crippen LogP contribution in [0.25, 0.3) is 0 Å². The van der Waals surface area contributed by atoms with Gasteiger partial charge in [-0.15, -0.1) is 11.3 Å². The van der Waals surface area contributed by atoms with Gasteiger partial charge in [0.1, 0.15) is 12.1 Å². The van der Waals surface area contributed by atoms with Gasteiger partial charge in [0, 0.05) is 24.9 Å². The number of primary amides is 1. The van der Waals surface area contributed by atoms with Crippen molar-refractivity contribution in [3.05, 3.63) is 82.3 Å². The lowest BCUT2D eigenvalue weighted by Crippen LogP contribution is -2.63. The Kier molecular flexibility index (Phi) is 7.11. The normalized spacial score (nSPS) is 18.1. The minimum atomic E-state index is -3.94. The highest BCUT2D eigenvalue weighted by Gasteiger charge is 2.44. The molecule has 2 aromatic carbocycles. The Morgan fingerprint density at radius 1 is 1.15 bits per heavy atom. The Labute approximate surface area is 203 Å². The first-order valence-electron chi connectivity index (χ1n) is 10.9. The standard InChI is InChI=1S/C24H26N4O4S2/c1-17-7-9-20(10-8-17)34(31,32)28-12-11-27(21(23(25)29)14-19-15-33-16-26-19)24(30)22(28)13-18-5-3-2-4-6-18/h2-10,15-16,21-22H,11-14H2,1H3,(H2,25,29). The quantitative estimate of drug-likeness (QED) is 0.510. The third-order valence-corrected chi connectivity index (χ3v) is 8.52. The van der Waals surface area contributed by atoms with Crippen LogP contribution >= 0.6 is 11.3 Å². The smallest absolute Gasteiger partial charge is 0.243 e. The first-order valence-corrected chi connectivity index (χ1v) is 13.2. The number of amides is 2. The largest absolute Gasteiger partial charge is 0.368 e. The maximum absolute atomic E-state index is 13.7. The predicted molar refractivity (Wildman–Crippen MR) is 130 cm³/mol. The van der Waals surface area contributed by atoms with E-state index in [4.69, 9.17) is 5.73 Å². The maximum Gasteiger partial charge on any atom is 0.243 e. The van der Waals surface area contributed by atoms with Crippen molar-refractivity contribution in [2.75, 3.05) is 13.1 Å². The average molecular weight is 499 g/mol. The summed E-state index contributed by atoms with van der Waals surface area (Å²) in [7, 11) is -3.94. The first-order chi connectivity index (χ1) is 16.3. The van der Waals surface area contributed by atoms with Crippen molar-refractivity contribution in [2.45, 2.75) is 36.7 Å². The monoisotopic (exact) mass is 498 g/mol. The van der Waals surface area contributed by atoms with Gasteiger partial charge in [-0.1, -0.05) is 48.0 Å². The number of carbonyl (C=O) groups excluding carboxylic acids is 2.